The molecule has 4 heteroatoms. The summed E-state index contributed by atoms with van der Waals surface area (Å²) in [5.41, 5.74) is 7.15. The summed E-state index contributed by atoms with van der Waals surface area (Å²) in [5.74, 6) is 1.56. The van der Waals surface area contributed by atoms with Crippen molar-refractivity contribution < 1.29 is 9.47 Å². The predicted molar refractivity (Wildman–Crippen MR) is 79.4 cm³/mol. The van der Waals surface area contributed by atoms with E-state index in [9.17, 15) is 0 Å². The van der Waals surface area contributed by atoms with Crippen LogP contribution in [0.25, 0.3) is 0 Å². The topological polar surface area (TPSA) is 68.3 Å². The number of hydrogen-bond donors (Lipinski definition) is 2. The van der Waals surface area contributed by atoms with Crippen molar-refractivity contribution in [1.82, 2.24) is 0 Å². The highest BCUT2D eigenvalue weighted by molar-refractivity contribution is 5.96. The molecule has 0 atom stereocenters. The number of benzene rings is 2. The van der Waals surface area contributed by atoms with Gasteiger partial charge in [0.15, 0.2) is 0 Å². The van der Waals surface area contributed by atoms with Crippen LogP contribution in [0.2, 0.25) is 0 Å². The summed E-state index contributed by atoms with van der Waals surface area (Å²) in [7, 11) is 0. The Hall–Kier alpha value is -2.49. The van der Waals surface area contributed by atoms with Crippen molar-refractivity contribution in [3.8, 4) is 11.5 Å². The first-order chi connectivity index (χ1) is 9.70. The van der Waals surface area contributed by atoms with Crippen LogP contribution in [0.4, 0.5) is 0 Å². The van der Waals surface area contributed by atoms with Crippen LogP contribution in [-0.4, -0.2) is 12.4 Å². The van der Waals surface area contributed by atoms with E-state index < -0.39 is 0 Å². The maximum atomic E-state index is 7.55. The van der Waals surface area contributed by atoms with Gasteiger partial charge in [0.25, 0.3) is 0 Å². The summed E-state index contributed by atoms with van der Waals surface area (Å²) < 4.78 is 11.2. The zero-order chi connectivity index (χ0) is 14.4. The molecule has 0 aromatic heterocycles. The van der Waals surface area contributed by atoms with E-state index in [0.717, 1.165) is 17.1 Å². The number of rotatable bonds is 6. The monoisotopic (exact) mass is 270 g/mol. The summed E-state index contributed by atoms with van der Waals surface area (Å²) in [6.45, 7) is 2.93. The zero-order valence-electron chi connectivity index (χ0n) is 11.4. The Labute approximate surface area is 118 Å². The predicted octanol–water partition coefficient (Wildman–Crippen LogP) is 2.95. The number of amidine groups is 1. The molecule has 2 aromatic carbocycles. The summed E-state index contributed by atoms with van der Waals surface area (Å²) in [5, 5.41) is 7.55. The molecule has 2 rings (SSSR count). The van der Waals surface area contributed by atoms with Crippen LogP contribution in [0.3, 0.4) is 0 Å². The molecule has 0 bridgehead atoms. The van der Waals surface area contributed by atoms with Crippen molar-refractivity contribution >= 4 is 5.84 Å². The van der Waals surface area contributed by atoms with Gasteiger partial charge in [-0.1, -0.05) is 30.3 Å². The second kappa shape index (κ2) is 6.61. The van der Waals surface area contributed by atoms with Crippen molar-refractivity contribution in [2.24, 2.45) is 5.73 Å². The van der Waals surface area contributed by atoms with Gasteiger partial charge in [0.05, 0.1) is 6.61 Å². The minimum absolute atomic E-state index is 0.0484. The summed E-state index contributed by atoms with van der Waals surface area (Å²) in [6, 6.07) is 15.0. The van der Waals surface area contributed by atoms with E-state index in [1.165, 1.54) is 0 Å². The number of ether oxygens (including phenoxy) is 2. The fourth-order valence-corrected chi connectivity index (χ4v) is 1.89. The van der Waals surface area contributed by atoms with Gasteiger partial charge < -0.3 is 15.2 Å². The van der Waals surface area contributed by atoms with Crippen molar-refractivity contribution in [3.63, 3.8) is 0 Å². The molecule has 20 heavy (non-hydrogen) atoms. The molecule has 2 aromatic rings. The van der Waals surface area contributed by atoms with Gasteiger partial charge in [0, 0.05) is 17.2 Å². The second-order valence-electron chi connectivity index (χ2n) is 4.27. The van der Waals surface area contributed by atoms with Crippen LogP contribution in [0.5, 0.6) is 11.5 Å². The van der Waals surface area contributed by atoms with Crippen LogP contribution in [0.15, 0.2) is 48.5 Å². The summed E-state index contributed by atoms with van der Waals surface area (Å²) in [6.07, 6.45) is 0. The average molecular weight is 270 g/mol. The lowest BCUT2D eigenvalue weighted by Crippen LogP contribution is -2.14. The molecule has 0 radical (unpaired) electrons. The van der Waals surface area contributed by atoms with E-state index in [0.29, 0.717) is 18.8 Å². The number of nitrogens with one attached hydrogen (secondary N) is 1. The Morgan fingerprint density at radius 2 is 1.75 bits per heavy atom. The van der Waals surface area contributed by atoms with Crippen molar-refractivity contribution in [3.05, 3.63) is 59.7 Å². The molecule has 0 fully saturated rings. The summed E-state index contributed by atoms with van der Waals surface area (Å²) >= 11 is 0. The lowest BCUT2D eigenvalue weighted by molar-refractivity contribution is 0.299. The van der Waals surface area contributed by atoms with Crippen molar-refractivity contribution in [2.45, 2.75) is 13.5 Å². The Balaban J connectivity index is 2.09. The number of nitrogen functional groups attached to an aromatic ring is 1. The number of nitrogens with two attached hydrogens (primary N) is 1. The Kier molecular flexibility index (Phi) is 4.60. The third-order valence-electron chi connectivity index (χ3n) is 2.82. The second-order valence-corrected chi connectivity index (χ2v) is 4.27. The normalized spacial score (nSPS) is 10.1. The lowest BCUT2D eigenvalue weighted by atomic mass is 10.1. The van der Waals surface area contributed by atoms with E-state index in [-0.39, 0.29) is 5.84 Å². The van der Waals surface area contributed by atoms with Crippen LogP contribution in [-0.2, 0) is 6.61 Å². The molecule has 0 spiro atoms. The highest BCUT2D eigenvalue weighted by atomic mass is 16.5. The molecule has 3 N–H and O–H groups in total. The van der Waals surface area contributed by atoms with Crippen molar-refractivity contribution in [2.75, 3.05) is 6.61 Å². The van der Waals surface area contributed by atoms with Gasteiger partial charge in [-0.3, -0.25) is 5.41 Å². The molecular weight excluding hydrogens is 252 g/mol. The molecule has 0 amide bonds. The van der Waals surface area contributed by atoms with Crippen molar-refractivity contribution in [1.29, 1.82) is 5.41 Å². The summed E-state index contributed by atoms with van der Waals surface area (Å²) in [4.78, 5) is 0. The Morgan fingerprint density at radius 1 is 1.05 bits per heavy atom. The van der Waals surface area contributed by atoms with E-state index in [2.05, 4.69) is 0 Å². The van der Waals surface area contributed by atoms with E-state index in [1.807, 2.05) is 55.5 Å². The molecule has 0 saturated heterocycles. The largest absolute Gasteiger partial charge is 0.494 e. The molecule has 0 saturated carbocycles. The molecule has 0 aliphatic rings. The van der Waals surface area contributed by atoms with E-state index in [4.69, 9.17) is 20.6 Å². The smallest absolute Gasteiger partial charge is 0.123 e. The Morgan fingerprint density at radius 3 is 2.45 bits per heavy atom. The molecule has 4 nitrogen and oxygen atoms in total. The first kappa shape index (κ1) is 13.9. The minimum Gasteiger partial charge on any atom is -0.494 e. The molecule has 0 heterocycles. The Bertz CT molecular complexity index is 597. The third-order valence-corrected chi connectivity index (χ3v) is 2.82. The zero-order valence-corrected chi connectivity index (χ0v) is 11.4. The standard InChI is InChI=1S/C16H18N2O2/c1-2-19-13-7-5-8-14(10-13)20-11-12-6-3-4-9-15(12)16(17)18/h3-10H,2,11H2,1H3,(H3,17,18). The highest BCUT2D eigenvalue weighted by Crippen LogP contribution is 2.21. The fraction of sp³-hybridized carbons (Fsp3) is 0.188. The maximum Gasteiger partial charge on any atom is 0.123 e. The van der Waals surface area contributed by atoms with Crippen LogP contribution in [0.1, 0.15) is 18.1 Å². The molecule has 0 aliphatic carbocycles. The lowest BCUT2D eigenvalue weighted by Gasteiger charge is -2.11. The van der Waals surface area contributed by atoms with Crippen LogP contribution >= 0.6 is 0 Å². The van der Waals surface area contributed by atoms with Gasteiger partial charge in [-0.05, 0) is 19.1 Å². The fourth-order valence-electron chi connectivity index (χ4n) is 1.89. The van der Waals surface area contributed by atoms with E-state index >= 15 is 0 Å². The number of hydrogen-bond acceptors (Lipinski definition) is 3. The van der Waals surface area contributed by atoms with E-state index in [1.54, 1.807) is 0 Å². The van der Waals surface area contributed by atoms with Gasteiger partial charge >= 0.3 is 0 Å². The quantitative estimate of drug-likeness (QED) is 0.626. The first-order valence-electron chi connectivity index (χ1n) is 6.48. The molecule has 0 unspecified atom stereocenters. The van der Waals surface area contributed by atoms with Crippen LogP contribution < -0.4 is 15.2 Å². The van der Waals surface area contributed by atoms with Gasteiger partial charge in [-0.25, -0.2) is 0 Å². The van der Waals surface area contributed by atoms with Gasteiger partial charge in [0.2, 0.25) is 0 Å². The molecule has 104 valence electrons. The van der Waals surface area contributed by atoms with Gasteiger partial charge in [0.1, 0.15) is 23.9 Å². The van der Waals surface area contributed by atoms with Crippen LogP contribution in [0, 0.1) is 5.41 Å². The maximum absolute atomic E-state index is 7.55. The third kappa shape index (κ3) is 3.51. The first-order valence-corrected chi connectivity index (χ1v) is 6.48. The average Bonchev–Trinajstić information content (AvgIpc) is 2.46. The minimum atomic E-state index is 0.0484. The van der Waals surface area contributed by atoms with Gasteiger partial charge in [-0.2, -0.15) is 0 Å². The molecule has 0 aliphatic heterocycles. The highest BCUT2D eigenvalue weighted by Gasteiger charge is 2.05. The SMILES string of the molecule is CCOc1cccc(OCc2ccccc2C(=N)N)c1. The molecular formula is C16H18N2O2. The van der Waals surface area contributed by atoms with Gasteiger partial charge in [-0.15, -0.1) is 0 Å².